The van der Waals surface area contributed by atoms with Gasteiger partial charge in [0.25, 0.3) is 5.56 Å². The summed E-state index contributed by atoms with van der Waals surface area (Å²) in [6.45, 7) is 6.25. The lowest BCUT2D eigenvalue weighted by Gasteiger charge is -2.34. The molecule has 0 saturated carbocycles. The van der Waals surface area contributed by atoms with Crippen LogP contribution in [0.25, 0.3) is 0 Å². The van der Waals surface area contributed by atoms with E-state index in [1.54, 1.807) is 16.9 Å². The van der Waals surface area contributed by atoms with E-state index >= 15 is 0 Å². The molecule has 8 heteroatoms. The van der Waals surface area contributed by atoms with Gasteiger partial charge in [-0.15, -0.1) is 0 Å². The van der Waals surface area contributed by atoms with Crippen molar-refractivity contribution in [3.05, 3.63) is 57.0 Å². The number of benzene rings is 1. The van der Waals surface area contributed by atoms with Crippen molar-refractivity contribution in [2.45, 2.75) is 57.9 Å². The van der Waals surface area contributed by atoms with E-state index in [4.69, 9.17) is 11.6 Å². The maximum absolute atomic E-state index is 12.9. The fourth-order valence-corrected chi connectivity index (χ4v) is 5.14. The van der Waals surface area contributed by atoms with Gasteiger partial charge < -0.3 is 4.90 Å². The highest BCUT2D eigenvalue weighted by molar-refractivity contribution is 6.32. The Morgan fingerprint density at radius 1 is 1.09 bits per heavy atom. The molecular weight excluding hydrogens is 428 g/mol. The average molecular weight is 457 g/mol. The average Bonchev–Trinajstić information content (AvgIpc) is 2.76. The molecule has 170 valence electrons. The zero-order valence-electron chi connectivity index (χ0n) is 18.5. The molecule has 1 aromatic carbocycles. The number of hydrogen-bond acceptors (Lipinski definition) is 5. The Kier molecular flexibility index (Phi) is 6.65. The van der Waals surface area contributed by atoms with Gasteiger partial charge in [-0.25, -0.2) is 4.68 Å². The number of aromatic nitrogens is 2. The molecule has 2 aliphatic heterocycles. The minimum absolute atomic E-state index is 0.0439. The fourth-order valence-electron chi connectivity index (χ4n) is 4.73. The lowest BCUT2D eigenvalue weighted by Crippen LogP contribution is -2.40. The Labute approximate surface area is 192 Å². The molecule has 1 unspecified atom stereocenters. The normalized spacial score (nSPS) is 20.0. The third-order valence-electron chi connectivity index (χ3n) is 6.38. The largest absolute Gasteiger partial charge is 0.367 e. The number of piperidine rings is 2. The highest BCUT2D eigenvalue weighted by Gasteiger charge is 2.31. The molecule has 2 amide bonds. The second kappa shape index (κ2) is 9.45. The molecule has 2 fully saturated rings. The zero-order chi connectivity index (χ0) is 22.8. The van der Waals surface area contributed by atoms with Gasteiger partial charge in [-0.05, 0) is 48.3 Å². The molecule has 7 nitrogen and oxygen atoms in total. The maximum Gasteiger partial charge on any atom is 0.290 e. The second-order valence-electron chi connectivity index (χ2n) is 9.11. The molecular formula is C24H29ClN4O3. The number of nitrogens with zero attached hydrogens (tertiary/aromatic N) is 3. The van der Waals surface area contributed by atoms with E-state index in [0.717, 1.165) is 37.1 Å². The van der Waals surface area contributed by atoms with E-state index in [9.17, 15) is 14.4 Å². The molecule has 0 aliphatic carbocycles. The molecule has 32 heavy (non-hydrogen) atoms. The SMILES string of the molecule is CC(C)Cn1nccc(N2CCC(c3cccc(C4CCC(=O)NC4=O)c3Cl)CC2)c1=O. The maximum atomic E-state index is 12.9. The Morgan fingerprint density at radius 3 is 2.50 bits per heavy atom. The van der Waals surface area contributed by atoms with Gasteiger partial charge in [0.05, 0.1) is 5.92 Å². The molecule has 2 saturated heterocycles. The van der Waals surface area contributed by atoms with Crippen LogP contribution in [0.1, 0.15) is 62.5 Å². The Hall–Kier alpha value is -2.67. The van der Waals surface area contributed by atoms with Crippen molar-refractivity contribution >= 4 is 29.1 Å². The summed E-state index contributed by atoms with van der Waals surface area (Å²) in [6.07, 6.45) is 4.24. The molecule has 2 aliphatic rings. The summed E-state index contributed by atoms with van der Waals surface area (Å²) in [4.78, 5) is 38.8. The molecule has 1 atom stereocenters. The van der Waals surface area contributed by atoms with Crippen molar-refractivity contribution in [2.75, 3.05) is 18.0 Å². The predicted molar refractivity (Wildman–Crippen MR) is 124 cm³/mol. The molecule has 3 heterocycles. The third-order valence-corrected chi connectivity index (χ3v) is 6.82. The van der Waals surface area contributed by atoms with Gasteiger partial charge in [0.2, 0.25) is 11.8 Å². The van der Waals surface area contributed by atoms with Crippen LogP contribution >= 0.6 is 11.6 Å². The first kappa shape index (κ1) is 22.5. The molecule has 1 aromatic heterocycles. The molecule has 1 N–H and O–H groups in total. The first-order valence-corrected chi connectivity index (χ1v) is 11.7. The van der Waals surface area contributed by atoms with Crippen LogP contribution < -0.4 is 15.8 Å². The number of amides is 2. The monoisotopic (exact) mass is 456 g/mol. The number of carbonyl (C=O) groups is 2. The number of nitrogens with one attached hydrogen (secondary N) is 1. The quantitative estimate of drug-likeness (QED) is 0.696. The van der Waals surface area contributed by atoms with Crippen LogP contribution in [0.3, 0.4) is 0 Å². The Morgan fingerprint density at radius 2 is 1.81 bits per heavy atom. The van der Waals surface area contributed by atoms with Gasteiger partial charge in [0.1, 0.15) is 5.69 Å². The Bertz CT molecular complexity index is 1070. The molecule has 0 radical (unpaired) electrons. The van der Waals surface area contributed by atoms with Crippen molar-refractivity contribution in [1.82, 2.24) is 15.1 Å². The summed E-state index contributed by atoms with van der Waals surface area (Å²) in [5, 5.41) is 7.27. The van der Waals surface area contributed by atoms with E-state index in [1.165, 1.54) is 0 Å². The molecule has 2 aromatic rings. The van der Waals surface area contributed by atoms with Crippen molar-refractivity contribution in [1.29, 1.82) is 0 Å². The van der Waals surface area contributed by atoms with Gasteiger partial charge in [-0.3, -0.25) is 19.7 Å². The summed E-state index contributed by atoms with van der Waals surface area (Å²) in [7, 11) is 0. The molecule has 0 bridgehead atoms. The van der Waals surface area contributed by atoms with E-state index in [-0.39, 0.29) is 23.3 Å². The van der Waals surface area contributed by atoms with Crippen molar-refractivity contribution in [2.24, 2.45) is 5.92 Å². The van der Waals surface area contributed by atoms with Crippen molar-refractivity contribution in [3.8, 4) is 0 Å². The topological polar surface area (TPSA) is 84.3 Å². The highest BCUT2D eigenvalue weighted by Crippen LogP contribution is 2.39. The standard InChI is InChI=1S/C24H29ClN4O3/c1-15(2)14-29-24(32)20(8-11-26-29)28-12-9-16(10-13-28)17-4-3-5-18(22(17)25)19-6-7-21(30)27-23(19)31/h3-5,8,11,15-16,19H,6-7,9-10,12-14H2,1-2H3,(H,27,30,31). The first-order chi connectivity index (χ1) is 15.3. The molecule has 4 rings (SSSR count). The summed E-state index contributed by atoms with van der Waals surface area (Å²) in [5.41, 5.74) is 2.49. The first-order valence-electron chi connectivity index (χ1n) is 11.3. The predicted octanol–water partition coefficient (Wildman–Crippen LogP) is 3.46. The van der Waals surface area contributed by atoms with Gasteiger partial charge in [-0.2, -0.15) is 5.10 Å². The van der Waals surface area contributed by atoms with E-state index in [0.29, 0.717) is 36.0 Å². The smallest absolute Gasteiger partial charge is 0.290 e. The summed E-state index contributed by atoms with van der Waals surface area (Å²) >= 11 is 6.78. The minimum Gasteiger partial charge on any atom is -0.367 e. The van der Waals surface area contributed by atoms with Gasteiger partial charge >= 0.3 is 0 Å². The van der Waals surface area contributed by atoms with E-state index in [1.807, 2.05) is 18.2 Å². The van der Waals surface area contributed by atoms with Crippen LogP contribution in [-0.4, -0.2) is 34.7 Å². The van der Waals surface area contributed by atoms with Crippen molar-refractivity contribution in [3.63, 3.8) is 0 Å². The number of hydrogen-bond donors (Lipinski definition) is 1. The third kappa shape index (κ3) is 4.58. The lowest BCUT2D eigenvalue weighted by molar-refractivity contribution is -0.134. The highest BCUT2D eigenvalue weighted by atomic mass is 35.5. The van der Waals surface area contributed by atoms with Crippen LogP contribution in [0, 0.1) is 5.92 Å². The van der Waals surface area contributed by atoms with Gasteiger partial charge in [-0.1, -0.05) is 43.6 Å². The van der Waals surface area contributed by atoms with Crippen LogP contribution in [0.2, 0.25) is 5.02 Å². The van der Waals surface area contributed by atoms with Crippen LogP contribution in [0.4, 0.5) is 5.69 Å². The summed E-state index contributed by atoms with van der Waals surface area (Å²) in [5.74, 6) is -0.289. The second-order valence-corrected chi connectivity index (χ2v) is 9.49. The van der Waals surface area contributed by atoms with Gasteiger partial charge in [0.15, 0.2) is 0 Å². The summed E-state index contributed by atoms with van der Waals surface area (Å²) in [6, 6.07) is 7.66. The van der Waals surface area contributed by atoms with Crippen LogP contribution in [0.15, 0.2) is 35.3 Å². The number of imide groups is 1. The minimum atomic E-state index is -0.392. The van der Waals surface area contributed by atoms with E-state index in [2.05, 4.69) is 29.2 Å². The fraction of sp³-hybridized carbons (Fsp3) is 0.500. The van der Waals surface area contributed by atoms with Gasteiger partial charge in [0, 0.05) is 37.3 Å². The van der Waals surface area contributed by atoms with Crippen molar-refractivity contribution < 1.29 is 9.59 Å². The molecule has 0 spiro atoms. The number of anilines is 1. The number of carbonyl (C=O) groups excluding carboxylic acids is 2. The Balaban J connectivity index is 1.49. The van der Waals surface area contributed by atoms with Crippen LogP contribution in [-0.2, 0) is 16.1 Å². The van der Waals surface area contributed by atoms with Crippen LogP contribution in [0.5, 0.6) is 0 Å². The number of halogens is 1. The summed E-state index contributed by atoms with van der Waals surface area (Å²) < 4.78 is 1.55. The lowest BCUT2D eigenvalue weighted by atomic mass is 9.84. The number of rotatable bonds is 5. The zero-order valence-corrected chi connectivity index (χ0v) is 19.3. The van der Waals surface area contributed by atoms with E-state index < -0.39 is 5.92 Å².